The number of hydrogen-bond acceptors (Lipinski definition) is 3. The largest absolute Gasteiger partial charge is 0.497 e. The highest BCUT2D eigenvalue weighted by Gasteiger charge is 2.33. The van der Waals surface area contributed by atoms with Crippen LogP contribution in [0.3, 0.4) is 0 Å². The molecule has 0 radical (unpaired) electrons. The molecule has 3 amide bonds. The summed E-state index contributed by atoms with van der Waals surface area (Å²) < 4.78 is 5.24. The Morgan fingerprint density at radius 3 is 2.52 bits per heavy atom. The molecule has 0 spiro atoms. The molecule has 1 unspecified atom stereocenters. The van der Waals surface area contributed by atoms with E-state index in [0.717, 1.165) is 22.5 Å². The molecule has 1 aliphatic rings. The molecule has 0 aromatic heterocycles. The molecule has 2 aromatic rings. The van der Waals surface area contributed by atoms with E-state index in [2.05, 4.69) is 11.4 Å². The average Bonchev–Trinajstić information content (AvgIpc) is 2.62. The van der Waals surface area contributed by atoms with E-state index in [9.17, 15) is 9.59 Å². The molecule has 6 nitrogen and oxygen atoms in total. The number of methoxy groups -OCH3 is 1. The highest BCUT2D eigenvalue weighted by Crippen LogP contribution is 2.25. The number of hydrogen-bond donors (Lipinski definition) is 1. The fraction of sp³-hybridized carbons (Fsp3) is 0.333. The number of carbonyl (C=O) groups excluding carboxylic acids is 2. The zero-order valence-electron chi connectivity index (χ0n) is 16.2. The smallest absolute Gasteiger partial charge is 0.322 e. The number of ether oxygens (including phenoxy) is 1. The number of nitrogens with one attached hydrogen (secondary N) is 1. The Labute approximate surface area is 159 Å². The second kappa shape index (κ2) is 7.70. The van der Waals surface area contributed by atoms with Crippen molar-refractivity contribution >= 4 is 23.3 Å². The van der Waals surface area contributed by atoms with Gasteiger partial charge in [0.2, 0.25) is 5.91 Å². The fourth-order valence-corrected chi connectivity index (χ4v) is 3.39. The van der Waals surface area contributed by atoms with Crippen molar-refractivity contribution in [2.75, 3.05) is 30.4 Å². The van der Waals surface area contributed by atoms with Gasteiger partial charge in [0.25, 0.3) is 0 Å². The van der Waals surface area contributed by atoms with Gasteiger partial charge in [0.05, 0.1) is 7.11 Å². The van der Waals surface area contributed by atoms with Crippen molar-refractivity contribution in [3.05, 3.63) is 53.6 Å². The number of anilines is 2. The van der Waals surface area contributed by atoms with Crippen molar-refractivity contribution in [3.8, 4) is 5.75 Å². The first-order valence-electron chi connectivity index (χ1n) is 8.97. The molecule has 0 bridgehead atoms. The number of carbonyl (C=O) groups is 2. The normalized spacial score (nSPS) is 17.0. The van der Waals surface area contributed by atoms with Crippen LogP contribution >= 0.6 is 0 Å². The zero-order chi connectivity index (χ0) is 19.6. The van der Waals surface area contributed by atoms with Gasteiger partial charge in [-0.25, -0.2) is 4.79 Å². The summed E-state index contributed by atoms with van der Waals surface area (Å²) in [6.45, 7) is 6.39. The molecule has 0 saturated carbocycles. The van der Waals surface area contributed by atoms with E-state index in [0.29, 0.717) is 12.3 Å². The summed E-state index contributed by atoms with van der Waals surface area (Å²) in [4.78, 5) is 28.7. The summed E-state index contributed by atoms with van der Waals surface area (Å²) in [5.41, 5.74) is 3.68. The summed E-state index contributed by atoms with van der Waals surface area (Å²) in [6, 6.07) is 12.9. The van der Waals surface area contributed by atoms with Gasteiger partial charge in [0.15, 0.2) is 0 Å². The first-order valence-corrected chi connectivity index (χ1v) is 8.97. The number of amides is 3. The Morgan fingerprint density at radius 2 is 1.85 bits per heavy atom. The monoisotopic (exact) mass is 367 g/mol. The standard InChI is InChI=1S/C21H25N3O3/c1-14-8-15(2)10-17(9-14)22-21(26)23-13-20(25)24(12-16(23)3)18-6-5-7-19(11-18)27-4/h5-11,16H,12-13H2,1-4H3,(H,22,26). The van der Waals surface area contributed by atoms with Gasteiger partial charge in [-0.3, -0.25) is 4.79 Å². The molecular weight excluding hydrogens is 342 g/mol. The molecule has 1 saturated heterocycles. The van der Waals surface area contributed by atoms with E-state index in [1.54, 1.807) is 16.9 Å². The highest BCUT2D eigenvalue weighted by atomic mass is 16.5. The zero-order valence-corrected chi connectivity index (χ0v) is 16.2. The van der Waals surface area contributed by atoms with Crippen molar-refractivity contribution in [2.24, 2.45) is 0 Å². The van der Waals surface area contributed by atoms with Gasteiger partial charge in [-0.05, 0) is 56.2 Å². The number of benzene rings is 2. The quantitative estimate of drug-likeness (QED) is 0.902. The summed E-state index contributed by atoms with van der Waals surface area (Å²) in [7, 11) is 1.60. The number of aryl methyl sites for hydroxylation is 2. The van der Waals surface area contributed by atoms with Crippen molar-refractivity contribution in [3.63, 3.8) is 0 Å². The van der Waals surface area contributed by atoms with Gasteiger partial charge < -0.3 is 19.9 Å². The molecule has 142 valence electrons. The lowest BCUT2D eigenvalue weighted by Crippen LogP contribution is -2.58. The summed E-state index contributed by atoms with van der Waals surface area (Å²) in [6.07, 6.45) is 0. The molecule has 1 heterocycles. The van der Waals surface area contributed by atoms with E-state index in [4.69, 9.17) is 4.74 Å². The summed E-state index contributed by atoms with van der Waals surface area (Å²) in [5.74, 6) is 0.583. The number of rotatable bonds is 3. The van der Waals surface area contributed by atoms with Crippen LogP contribution in [-0.4, -0.2) is 43.1 Å². The Morgan fingerprint density at radius 1 is 1.15 bits per heavy atom. The molecule has 1 fully saturated rings. The molecule has 27 heavy (non-hydrogen) atoms. The van der Waals surface area contributed by atoms with Crippen LogP contribution in [0.15, 0.2) is 42.5 Å². The minimum absolute atomic E-state index is 0.0367. The second-order valence-corrected chi connectivity index (χ2v) is 6.99. The van der Waals surface area contributed by atoms with Gasteiger partial charge in [-0.2, -0.15) is 0 Å². The van der Waals surface area contributed by atoms with Gasteiger partial charge in [0.1, 0.15) is 12.3 Å². The molecule has 1 N–H and O–H groups in total. The van der Waals surface area contributed by atoms with Crippen LogP contribution < -0.4 is 15.0 Å². The van der Waals surface area contributed by atoms with E-state index in [1.165, 1.54) is 0 Å². The van der Waals surface area contributed by atoms with Crippen LogP contribution in [0.4, 0.5) is 16.2 Å². The molecule has 2 aromatic carbocycles. The SMILES string of the molecule is COc1cccc(N2CC(C)N(C(=O)Nc3cc(C)cc(C)c3)CC2=O)c1. The number of urea groups is 1. The minimum atomic E-state index is -0.258. The van der Waals surface area contributed by atoms with Gasteiger partial charge in [-0.1, -0.05) is 12.1 Å². The maximum atomic E-state index is 12.7. The lowest BCUT2D eigenvalue weighted by atomic mass is 10.1. The number of piperazine rings is 1. The molecule has 1 aliphatic heterocycles. The Kier molecular flexibility index (Phi) is 5.35. The van der Waals surface area contributed by atoms with Crippen molar-refractivity contribution < 1.29 is 14.3 Å². The Balaban J connectivity index is 1.72. The fourth-order valence-electron chi connectivity index (χ4n) is 3.39. The highest BCUT2D eigenvalue weighted by molar-refractivity contribution is 6.00. The third-order valence-corrected chi connectivity index (χ3v) is 4.68. The van der Waals surface area contributed by atoms with Crippen molar-refractivity contribution in [1.82, 2.24) is 4.90 Å². The third kappa shape index (κ3) is 4.22. The third-order valence-electron chi connectivity index (χ3n) is 4.68. The van der Waals surface area contributed by atoms with Crippen molar-refractivity contribution in [1.29, 1.82) is 0 Å². The predicted octanol–water partition coefficient (Wildman–Crippen LogP) is 3.58. The molecule has 0 aliphatic carbocycles. The molecule has 6 heteroatoms. The number of nitrogens with zero attached hydrogens (tertiary/aromatic N) is 2. The maximum Gasteiger partial charge on any atom is 0.322 e. The first kappa shape index (κ1) is 18.8. The van der Waals surface area contributed by atoms with E-state index >= 15 is 0 Å². The lowest BCUT2D eigenvalue weighted by molar-refractivity contribution is -0.121. The molecule has 3 rings (SSSR count). The predicted molar refractivity (Wildman–Crippen MR) is 106 cm³/mol. The van der Waals surface area contributed by atoms with Crippen LogP contribution in [-0.2, 0) is 4.79 Å². The summed E-state index contributed by atoms with van der Waals surface area (Å²) >= 11 is 0. The van der Waals surface area contributed by atoms with Crippen LogP contribution in [0, 0.1) is 13.8 Å². The van der Waals surface area contributed by atoms with Crippen LogP contribution in [0.2, 0.25) is 0 Å². The Bertz CT molecular complexity index is 845. The van der Waals surface area contributed by atoms with Crippen LogP contribution in [0.5, 0.6) is 5.75 Å². The molecular formula is C21H25N3O3. The average molecular weight is 367 g/mol. The van der Waals surface area contributed by atoms with Crippen LogP contribution in [0.25, 0.3) is 0 Å². The summed E-state index contributed by atoms with van der Waals surface area (Å²) in [5, 5.41) is 2.91. The second-order valence-electron chi connectivity index (χ2n) is 6.99. The van der Waals surface area contributed by atoms with Gasteiger partial charge in [-0.15, -0.1) is 0 Å². The maximum absolute atomic E-state index is 12.7. The van der Waals surface area contributed by atoms with Gasteiger partial charge in [0, 0.05) is 30.0 Å². The van der Waals surface area contributed by atoms with E-state index < -0.39 is 0 Å². The topological polar surface area (TPSA) is 61.9 Å². The van der Waals surface area contributed by atoms with Gasteiger partial charge >= 0.3 is 6.03 Å². The minimum Gasteiger partial charge on any atom is -0.497 e. The van der Waals surface area contributed by atoms with Crippen molar-refractivity contribution in [2.45, 2.75) is 26.8 Å². The first-order chi connectivity index (χ1) is 12.9. The molecule has 1 atom stereocenters. The lowest BCUT2D eigenvalue weighted by Gasteiger charge is -2.39. The van der Waals surface area contributed by atoms with E-state index in [-0.39, 0.29) is 24.5 Å². The Hall–Kier alpha value is -3.02. The van der Waals surface area contributed by atoms with Crippen LogP contribution in [0.1, 0.15) is 18.1 Å². The van der Waals surface area contributed by atoms with E-state index in [1.807, 2.05) is 57.2 Å².